The third-order valence-electron chi connectivity index (χ3n) is 3.46. The van der Waals surface area contributed by atoms with Gasteiger partial charge in [-0.2, -0.15) is 0 Å². The van der Waals surface area contributed by atoms with Crippen molar-refractivity contribution in [3.63, 3.8) is 0 Å². The standard InChI is InChI=1S/C14H29/c1-7-9-12(5)14(11(3)4)13(6)10-8-2/h11-14H,3,7-10H2,1-2,4-6H3. The molecule has 0 spiro atoms. The van der Waals surface area contributed by atoms with Crippen LogP contribution in [0, 0.1) is 30.6 Å². The predicted molar refractivity (Wildman–Crippen MR) is 66.2 cm³/mol. The Morgan fingerprint density at radius 3 is 1.43 bits per heavy atom. The molecular weight excluding hydrogens is 168 g/mol. The Bertz CT molecular complexity index is 114. The van der Waals surface area contributed by atoms with E-state index in [4.69, 9.17) is 0 Å². The van der Waals surface area contributed by atoms with Crippen molar-refractivity contribution >= 4 is 0 Å². The van der Waals surface area contributed by atoms with Crippen LogP contribution in [0.15, 0.2) is 0 Å². The summed E-state index contributed by atoms with van der Waals surface area (Å²) in [7, 11) is 0. The molecule has 3 unspecified atom stereocenters. The maximum Gasteiger partial charge on any atom is -0.0337 e. The number of hydrogen-bond acceptors (Lipinski definition) is 0. The van der Waals surface area contributed by atoms with Crippen LogP contribution in [-0.2, 0) is 0 Å². The van der Waals surface area contributed by atoms with Crippen LogP contribution in [0.3, 0.4) is 0 Å². The maximum absolute atomic E-state index is 4.25. The molecule has 0 N–H and O–H groups in total. The molecule has 0 amide bonds. The molecule has 0 aliphatic heterocycles. The summed E-state index contributed by atoms with van der Waals surface area (Å²) in [6.45, 7) is 15.9. The maximum atomic E-state index is 4.25. The molecule has 0 aromatic heterocycles. The van der Waals surface area contributed by atoms with E-state index in [1.165, 1.54) is 25.7 Å². The van der Waals surface area contributed by atoms with Crippen molar-refractivity contribution < 1.29 is 0 Å². The first-order chi connectivity index (χ1) is 6.54. The van der Waals surface area contributed by atoms with Gasteiger partial charge in [-0.3, -0.25) is 0 Å². The molecular formula is C14H29. The quantitative estimate of drug-likeness (QED) is 0.542. The highest BCUT2D eigenvalue weighted by molar-refractivity contribution is 4.77. The minimum Gasteiger partial charge on any atom is -0.0654 e. The first kappa shape index (κ1) is 14.0. The molecule has 0 fully saturated rings. The molecule has 1 radical (unpaired) electrons. The highest BCUT2D eigenvalue weighted by atomic mass is 14.3. The van der Waals surface area contributed by atoms with Gasteiger partial charge in [-0.15, -0.1) is 0 Å². The van der Waals surface area contributed by atoms with Crippen molar-refractivity contribution in [2.45, 2.75) is 60.3 Å². The third-order valence-corrected chi connectivity index (χ3v) is 3.46. The van der Waals surface area contributed by atoms with Crippen LogP contribution in [0.2, 0.25) is 0 Å². The van der Waals surface area contributed by atoms with Crippen LogP contribution in [0.4, 0.5) is 0 Å². The number of rotatable bonds is 7. The highest BCUT2D eigenvalue weighted by Gasteiger charge is 2.25. The first-order valence-electron chi connectivity index (χ1n) is 6.37. The molecule has 0 saturated carbocycles. The summed E-state index contributed by atoms with van der Waals surface area (Å²) in [5.74, 6) is 3.09. The lowest BCUT2D eigenvalue weighted by Crippen LogP contribution is -2.25. The van der Waals surface area contributed by atoms with Crippen molar-refractivity contribution in [1.82, 2.24) is 0 Å². The Hall–Kier alpha value is 0. The average Bonchev–Trinajstić information content (AvgIpc) is 2.04. The molecule has 0 aromatic carbocycles. The normalized spacial score (nSPS) is 18.2. The van der Waals surface area contributed by atoms with E-state index in [0.29, 0.717) is 5.92 Å². The molecule has 14 heavy (non-hydrogen) atoms. The van der Waals surface area contributed by atoms with Crippen LogP contribution in [0.25, 0.3) is 0 Å². The van der Waals surface area contributed by atoms with Gasteiger partial charge in [-0.25, -0.2) is 0 Å². The van der Waals surface area contributed by atoms with Crippen molar-refractivity contribution in [3.05, 3.63) is 6.92 Å². The summed E-state index contributed by atoms with van der Waals surface area (Å²) in [4.78, 5) is 0. The highest BCUT2D eigenvalue weighted by Crippen LogP contribution is 2.33. The minimum atomic E-state index is 0.595. The molecule has 0 bridgehead atoms. The van der Waals surface area contributed by atoms with Gasteiger partial charge in [0, 0.05) is 0 Å². The van der Waals surface area contributed by atoms with E-state index in [1.54, 1.807) is 0 Å². The summed E-state index contributed by atoms with van der Waals surface area (Å²) in [5.41, 5.74) is 0. The fourth-order valence-electron chi connectivity index (χ4n) is 2.98. The monoisotopic (exact) mass is 197 g/mol. The topological polar surface area (TPSA) is 0 Å². The third kappa shape index (κ3) is 4.48. The van der Waals surface area contributed by atoms with Crippen molar-refractivity contribution in [2.24, 2.45) is 23.7 Å². The van der Waals surface area contributed by atoms with Crippen molar-refractivity contribution in [2.75, 3.05) is 0 Å². The van der Waals surface area contributed by atoms with Crippen molar-refractivity contribution in [3.8, 4) is 0 Å². The Balaban J connectivity index is 4.26. The van der Waals surface area contributed by atoms with E-state index in [9.17, 15) is 0 Å². The molecule has 0 nitrogen and oxygen atoms in total. The lowest BCUT2D eigenvalue weighted by molar-refractivity contribution is 0.182. The molecule has 3 atom stereocenters. The van der Waals surface area contributed by atoms with Gasteiger partial charge in [0.15, 0.2) is 0 Å². The molecule has 0 heteroatoms. The fourth-order valence-corrected chi connectivity index (χ4v) is 2.98. The SMILES string of the molecule is [CH2]C(C)C(C(C)CCC)C(C)CCC. The summed E-state index contributed by atoms with van der Waals surface area (Å²) in [5, 5.41) is 0. The molecule has 0 aliphatic carbocycles. The second-order valence-corrected chi connectivity index (χ2v) is 5.09. The summed E-state index contributed by atoms with van der Waals surface area (Å²) < 4.78 is 0. The zero-order chi connectivity index (χ0) is 11.1. The van der Waals surface area contributed by atoms with Crippen LogP contribution in [0.1, 0.15) is 60.3 Å². The van der Waals surface area contributed by atoms with E-state index >= 15 is 0 Å². The van der Waals surface area contributed by atoms with Crippen molar-refractivity contribution in [1.29, 1.82) is 0 Å². The van der Waals surface area contributed by atoms with E-state index in [-0.39, 0.29) is 0 Å². The molecule has 0 saturated heterocycles. The Morgan fingerprint density at radius 1 is 0.857 bits per heavy atom. The van der Waals surface area contributed by atoms with Crippen LogP contribution < -0.4 is 0 Å². The van der Waals surface area contributed by atoms with E-state index in [0.717, 1.165) is 17.8 Å². The van der Waals surface area contributed by atoms with Gasteiger partial charge in [0.25, 0.3) is 0 Å². The second kappa shape index (κ2) is 7.31. The summed E-state index contributed by atoms with van der Waals surface area (Å²) in [6, 6.07) is 0. The fraction of sp³-hybridized carbons (Fsp3) is 0.929. The minimum absolute atomic E-state index is 0.595. The largest absolute Gasteiger partial charge is 0.0654 e. The van der Waals surface area contributed by atoms with Crippen LogP contribution in [0.5, 0.6) is 0 Å². The van der Waals surface area contributed by atoms with Gasteiger partial charge >= 0.3 is 0 Å². The summed E-state index contributed by atoms with van der Waals surface area (Å²) in [6.07, 6.45) is 5.34. The van der Waals surface area contributed by atoms with Gasteiger partial charge < -0.3 is 0 Å². The van der Waals surface area contributed by atoms with E-state index in [2.05, 4.69) is 41.5 Å². The molecule has 0 heterocycles. The van der Waals surface area contributed by atoms with Gasteiger partial charge in [0.05, 0.1) is 0 Å². The average molecular weight is 197 g/mol. The molecule has 0 aromatic rings. The van der Waals surface area contributed by atoms with E-state index < -0.39 is 0 Å². The smallest absolute Gasteiger partial charge is 0.0337 e. The zero-order valence-corrected chi connectivity index (χ0v) is 10.8. The summed E-state index contributed by atoms with van der Waals surface area (Å²) >= 11 is 0. The molecule has 0 rings (SSSR count). The predicted octanol–water partition coefficient (Wildman–Crippen LogP) is 4.95. The lowest BCUT2D eigenvalue weighted by atomic mass is 9.73. The first-order valence-corrected chi connectivity index (χ1v) is 6.37. The van der Waals surface area contributed by atoms with E-state index in [1.807, 2.05) is 0 Å². The van der Waals surface area contributed by atoms with Gasteiger partial charge in [-0.05, 0) is 23.7 Å². The lowest BCUT2D eigenvalue weighted by Gasteiger charge is -2.32. The second-order valence-electron chi connectivity index (χ2n) is 5.09. The Morgan fingerprint density at radius 2 is 1.21 bits per heavy atom. The number of hydrogen-bond donors (Lipinski definition) is 0. The molecule has 85 valence electrons. The zero-order valence-electron chi connectivity index (χ0n) is 10.8. The Labute approximate surface area is 91.5 Å². The Kier molecular flexibility index (Phi) is 7.31. The van der Waals surface area contributed by atoms with Gasteiger partial charge in [0.1, 0.15) is 0 Å². The van der Waals surface area contributed by atoms with Crippen LogP contribution >= 0.6 is 0 Å². The molecule has 0 aliphatic rings. The van der Waals surface area contributed by atoms with Gasteiger partial charge in [0.2, 0.25) is 0 Å². The van der Waals surface area contributed by atoms with Gasteiger partial charge in [-0.1, -0.05) is 67.2 Å². The van der Waals surface area contributed by atoms with Crippen LogP contribution in [-0.4, -0.2) is 0 Å².